The molecule has 1 heterocycles. The summed E-state index contributed by atoms with van der Waals surface area (Å²) in [6.07, 6.45) is 4.12. The molecule has 0 fully saturated rings. The van der Waals surface area contributed by atoms with E-state index in [1.54, 1.807) is 14.2 Å². The number of guanidine groups is 1. The summed E-state index contributed by atoms with van der Waals surface area (Å²) >= 11 is 0. The zero-order valence-corrected chi connectivity index (χ0v) is 13.7. The Morgan fingerprint density at radius 2 is 2.00 bits per heavy atom. The molecular weight excluding hydrogens is 276 g/mol. The van der Waals surface area contributed by atoms with Gasteiger partial charge < -0.3 is 19.9 Å². The molecule has 118 valence electrons. The Bertz CT molecular complexity index is 646. The molecule has 5 heteroatoms. The molecule has 2 aromatic rings. The predicted octanol–water partition coefficient (Wildman–Crippen LogP) is 2.21. The molecule has 0 amide bonds. The van der Waals surface area contributed by atoms with Crippen molar-refractivity contribution in [2.24, 2.45) is 12.0 Å². The van der Waals surface area contributed by atoms with Crippen LogP contribution in [-0.2, 0) is 20.1 Å². The summed E-state index contributed by atoms with van der Waals surface area (Å²) in [4.78, 5) is 4.24. The van der Waals surface area contributed by atoms with Crippen LogP contribution in [0, 0.1) is 6.92 Å². The second-order valence-corrected chi connectivity index (χ2v) is 5.28. The average molecular weight is 300 g/mol. The van der Waals surface area contributed by atoms with Crippen LogP contribution >= 0.6 is 0 Å². The van der Waals surface area contributed by atoms with Crippen LogP contribution < -0.4 is 15.4 Å². The van der Waals surface area contributed by atoms with Gasteiger partial charge in [0.15, 0.2) is 5.96 Å². The first-order valence-electron chi connectivity index (χ1n) is 7.31. The van der Waals surface area contributed by atoms with E-state index in [-0.39, 0.29) is 0 Å². The van der Waals surface area contributed by atoms with Crippen LogP contribution in [0.15, 0.2) is 41.7 Å². The standard InChI is InChI=1S/C17H24N4O/c1-13-5-6-15(16(9-13)22-4)11-20-17(18-2)19-10-14-7-8-21(3)12-14/h5-9,12H,10-11H2,1-4H3,(H2,18,19,20). The lowest BCUT2D eigenvalue weighted by molar-refractivity contribution is 0.408. The molecule has 0 saturated carbocycles. The molecule has 0 aliphatic heterocycles. The van der Waals surface area contributed by atoms with Crippen molar-refractivity contribution in [3.63, 3.8) is 0 Å². The number of nitrogens with one attached hydrogen (secondary N) is 2. The van der Waals surface area contributed by atoms with E-state index in [0.717, 1.165) is 23.8 Å². The maximum Gasteiger partial charge on any atom is 0.191 e. The lowest BCUT2D eigenvalue weighted by Gasteiger charge is -2.14. The first-order chi connectivity index (χ1) is 10.6. The fourth-order valence-corrected chi connectivity index (χ4v) is 2.25. The lowest BCUT2D eigenvalue weighted by atomic mass is 10.1. The largest absolute Gasteiger partial charge is 0.496 e. The quantitative estimate of drug-likeness (QED) is 0.657. The minimum atomic E-state index is 0.665. The van der Waals surface area contributed by atoms with E-state index in [0.29, 0.717) is 6.54 Å². The van der Waals surface area contributed by atoms with E-state index in [4.69, 9.17) is 4.74 Å². The molecule has 2 N–H and O–H groups in total. The molecule has 5 nitrogen and oxygen atoms in total. The van der Waals surface area contributed by atoms with Gasteiger partial charge in [0.05, 0.1) is 7.11 Å². The highest BCUT2D eigenvalue weighted by Crippen LogP contribution is 2.19. The number of methoxy groups -OCH3 is 1. The maximum absolute atomic E-state index is 5.42. The third-order valence-corrected chi connectivity index (χ3v) is 3.47. The van der Waals surface area contributed by atoms with Gasteiger partial charge in [0.1, 0.15) is 5.75 Å². The van der Waals surface area contributed by atoms with Crippen LogP contribution in [-0.4, -0.2) is 24.7 Å². The highest BCUT2D eigenvalue weighted by molar-refractivity contribution is 5.79. The van der Waals surface area contributed by atoms with Crippen molar-refractivity contribution in [1.29, 1.82) is 0 Å². The molecule has 0 aliphatic carbocycles. The van der Waals surface area contributed by atoms with E-state index >= 15 is 0 Å². The Balaban J connectivity index is 1.91. The number of aliphatic imine (C=N–C) groups is 1. The van der Waals surface area contributed by atoms with Gasteiger partial charge in [-0.25, -0.2) is 0 Å². The van der Waals surface area contributed by atoms with Crippen molar-refractivity contribution in [2.75, 3.05) is 14.2 Å². The highest BCUT2D eigenvalue weighted by Gasteiger charge is 2.05. The summed E-state index contributed by atoms with van der Waals surface area (Å²) in [5.74, 6) is 1.66. The Hall–Kier alpha value is -2.43. The van der Waals surface area contributed by atoms with Crippen molar-refractivity contribution in [3.8, 4) is 5.75 Å². The molecule has 0 bridgehead atoms. The summed E-state index contributed by atoms with van der Waals surface area (Å²) in [6, 6.07) is 8.28. The van der Waals surface area contributed by atoms with E-state index in [9.17, 15) is 0 Å². The minimum absolute atomic E-state index is 0.665. The van der Waals surface area contributed by atoms with Crippen LogP contribution in [0.4, 0.5) is 0 Å². The number of hydrogen-bond acceptors (Lipinski definition) is 2. The average Bonchev–Trinajstić information content (AvgIpc) is 2.94. The third-order valence-electron chi connectivity index (χ3n) is 3.47. The fourth-order valence-electron chi connectivity index (χ4n) is 2.25. The first-order valence-corrected chi connectivity index (χ1v) is 7.31. The van der Waals surface area contributed by atoms with Crippen LogP contribution in [0.5, 0.6) is 5.75 Å². The number of nitrogens with zero attached hydrogens (tertiary/aromatic N) is 2. The smallest absolute Gasteiger partial charge is 0.191 e. The van der Waals surface area contributed by atoms with Crippen LogP contribution in [0.1, 0.15) is 16.7 Å². The molecule has 22 heavy (non-hydrogen) atoms. The van der Waals surface area contributed by atoms with Crippen molar-refractivity contribution < 1.29 is 4.74 Å². The van der Waals surface area contributed by atoms with Crippen molar-refractivity contribution in [1.82, 2.24) is 15.2 Å². The van der Waals surface area contributed by atoms with Crippen LogP contribution in [0.3, 0.4) is 0 Å². The van der Waals surface area contributed by atoms with E-state index in [1.807, 2.05) is 23.9 Å². The van der Waals surface area contributed by atoms with Gasteiger partial charge in [0.2, 0.25) is 0 Å². The maximum atomic E-state index is 5.42. The first kappa shape index (κ1) is 15.9. The summed E-state index contributed by atoms with van der Waals surface area (Å²) in [7, 11) is 5.48. The Labute approximate surface area is 132 Å². The van der Waals surface area contributed by atoms with Gasteiger partial charge >= 0.3 is 0 Å². The van der Waals surface area contributed by atoms with Crippen molar-refractivity contribution in [2.45, 2.75) is 20.0 Å². The number of hydrogen-bond donors (Lipinski definition) is 2. The molecule has 0 unspecified atom stereocenters. The molecule has 0 spiro atoms. The van der Waals surface area contributed by atoms with Gasteiger partial charge in [-0.05, 0) is 30.2 Å². The second-order valence-electron chi connectivity index (χ2n) is 5.28. The van der Waals surface area contributed by atoms with Gasteiger partial charge in [-0.2, -0.15) is 0 Å². The summed E-state index contributed by atoms with van der Waals surface area (Å²) in [5.41, 5.74) is 3.52. The summed E-state index contributed by atoms with van der Waals surface area (Å²) in [6.45, 7) is 3.46. The Morgan fingerprint density at radius 1 is 1.23 bits per heavy atom. The molecular formula is C17H24N4O. The number of rotatable bonds is 5. The van der Waals surface area contributed by atoms with Crippen molar-refractivity contribution in [3.05, 3.63) is 53.3 Å². The molecule has 1 aromatic heterocycles. The van der Waals surface area contributed by atoms with E-state index in [2.05, 4.69) is 46.9 Å². The second kappa shape index (κ2) is 7.54. The van der Waals surface area contributed by atoms with Crippen LogP contribution in [0.25, 0.3) is 0 Å². The number of benzene rings is 1. The van der Waals surface area contributed by atoms with E-state index in [1.165, 1.54) is 11.1 Å². The Morgan fingerprint density at radius 3 is 2.64 bits per heavy atom. The fraction of sp³-hybridized carbons (Fsp3) is 0.353. The molecule has 1 aromatic carbocycles. The highest BCUT2D eigenvalue weighted by atomic mass is 16.5. The topological polar surface area (TPSA) is 50.6 Å². The predicted molar refractivity (Wildman–Crippen MR) is 90.2 cm³/mol. The minimum Gasteiger partial charge on any atom is -0.496 e. The summed E-state index contributed by atoms with van der Waals surface area (Å²) < 4.78 is 7.45. The van der Waals surface area contributed by atoms with Crippen LogP contribution in [0.2, 0.25) is 0 Å². The van der Waals surface area contributed by atoms with Gasteiger partial charge in [0, 0.05) is 45.1 Å². The van der Waals surface area contributed by atoms with E-state index < -0.39 is 0 Å². The van der Waals surface area contributed by atoms with Gasteiger partial charge in [-0.15, -0.1) is 0 Å². The number of aryl methyl sites for hydroxylation is 2. The molecule has 0 saturated heterocycles. The third kappa shape index (κ3) is 4.28. The molecule has 0 atom stereocenters. The number of ether oxygens (including phenoxy) is 1. The van der Waals surface area contributed by atoms with Gasteiger partial charge in [-0.1, -0.05) is 12.1 Å². The molecule has 0 radical (unpaired) electrons. The molecule has 2 rings (SSSR count). The van der Waals surface area contributed by atoms with Gasteiger partial charge in [0.25, 0.3) is 0 Å². The summed E-state index contributed by atoms with van der Waals surface area (Å²) in [5, 5.41) is 6.61. The monoisotopic (exact) mass is 300 g/mol. The van der Waals surface area contributed by atoms with Crippen molar-refractivity contribution >= 4 is 5.96 Å². The van der Waals surface area contributed by atoms with Gasteiger partial charge in [-0.3, -0.25) is 4.99 Å². The Kier molecular flexibility index (Phi) is 5.47. The zero-order chi connectivity index (χ0) is 15.9. The normalized spacial score (nSPS) is 11.4. The zero-order valence-electron chi connectivity index (χ0n) is 13.7. The SMILES string of the molecule is CN=C(NCc1ccn(C)c1)NCc1ccc(C)cc1OC. The molecule has 0 aliphatic rings. The number of aromatic nitrogens is 1. The lowest BCUT2D eigenvalue weighted by Crippen LogP contribution is -2.36.